The van der Waals surface area contributed by atoms with E-state index < -0.39 is 6.09 Å². The topological polar surface area (TPSA) is 110 Å². The van der Waals surface area contributed by atoms with E-state index in [1.807, 2.05) is 0 Å². The molecular formula is C12H19N5O4. The number of aliphatic hydroxyl groups excluding tert-OH is 1. The highest BCUT2D eigenvalue weighted by atomic mass is 16.5. The molecule has 9 heteroatoms. The number of anilines is 1. The highest BCUT2D eigenvalue weighted by molar-refractivity contribution is 5.82. The van der Waals surface area contributed by atoms with Crippen LogP contribution in [0.3, 0.4) is 0 Å². The van der Waals surface area contributed by atoms with Crippen LogP contribution in [0.5, 0.6) is 0 Å². The predicted molar refractivity (Wildman–Crippen MR) is 72.4 cm³/mol. The van der Waals surface area contributed by atoms with Crippen molar-refractivity contribution in [1.29, 1.82) is 0 Å². The molecule has 1 aliphatic rings. The summed E-state index contributed by atoms with van der Waals surface area (Å²) in [6.45, 7) is 1.34. The minimum atomic E-state index is -0.643. The van der Waals surface area contributed by atoms with Crippen molar-refractivity contribution in [2.75, 3.05) is 32.1 Å². The maximum atomic E-state index is 12.1. The third-order valence-corrected chi connectivity index (χ3v) is 3.36. The van der Waals surface area contributed by atoms with Gasteiger partial charge in [-0.1, -0.05) is 0 Å². The first-order chi connectivity index (χ1) is 10.1. The predicted octanol–water partition coefficient (Wildman–Crippen LogP) is -0.313. The van der Waals surface area contributed by atoms with Crippen molar-refractivity contribution in [2.24, 2.45) is 5.92 Å². The monoisotopic (exact) mass is 297 g/mol. The largest absolute Gasteiger partial charge is 0.453 e. The van der Waals surface area contributed by atoms with Gasteiger partial charge in [-0.15, -0.1) is 5.10 Å². The molecule has 2 N–H and O–H groups in total. The molecule has 2 heterocycles. The molecule has 1 saturated heterocycles. The second-order valence-electron chi connectivity index (χ2n) is 4.91. The fraction of sp³-hybridized carbons (Fsp3) is 0.667. The lowest BCUT2D eigenvalue weighted by Crippen LogP contribution is -2.42. The van der Waals surface area contributed by atoms with Gasteiger partial charge in [-0.3, -0.25) is 10.1 Å². The number of likely N-dealkylation sites (tertiary alicyclic amines) is 1. The number of ether oxygens (including phenoxy) is 1. The summed E-state index contributed by atoms with van der Waals surface area (Å²) in [7, 11) is 1.25. The number of hydrogen-bond donors (Lipinski definition) is 2. The Morgan fingerprint density at radius 3 is 3.10 bits per heavy atom. The molecule has 9 nitrogen and oxygen atoms in total. The number of nitrogens with one attached hydrogen (secondary N) is 1. The summed E-state index contributed by atoms with van der Waals surface area (Å²) in [5, 5.41) is 19.4. The minimum absolute atomic E-state index is 0.000993. The van der Waals surface area contributed by atoms with Crippen molar-refractivity contribution in [3.63, 3.8) is 0 Å². The first-order valence-electron chi connectivity index (χ1n) is 6.76. The summed E-state index contributed by atoms with van der Waals surface area (Å²) in [4.78, 5) is 26.1. The van der Waals surface area contributed by atoms with Crippen LogP contribution in [0.15, 0.2) is 6.20 Å². The average molecular weight is 297 g/mol. The zero-order valence-corrected chi connectivity index (χ0v) is 11.9. The van der Waals surface area contributed by atoms with Crippen molar-refractivity contribution < 1.29 is 19.4 Å². The Kier molecular flexibility index (Phi) is 5.09. The van der Waals surface area contributed by atoms with Gasteiger partial charge >= 0.3 is 6.09 Å². The Labute approximate surface area is 121 Å². The van der Waals surface area contributed by atoms with Crippen molar-refractivity contribution in [3.8, 4) is 0 Å². The Balaban J connectivity index is 1.89. The van der Waals surface area contributed by atoms with Crippen LogP contribution in [-0.2, 0) is 16.1 Å². The number of nitrogens with zero attached hydrogens (tertiary/aromatic N) is 4. The summed E-state index contributed by atoms with van der Waals surface area (Å²) in [6.07, 6.45) is 2.53. The van der Waals surface area contributed by atoms with Gasteiger partial charge < -0.3 is 14.7 Å². The lowest BCUT2D eigenvalue weighted by atomic mass is 9.99. The Bertz CT molecular complexity index is 504. The molecule has 0 radical (unpaired) electrons. The SMILES string of the molecule is COC(=O)Nc1cnn(CC(=O)N2CCCC(CO)C2)n1. The van der Waals surface area contributed by atoms with E-state index in [1.165, 1.54) is 18.1 Å². The van der Waals surface area contributed by atoms with Gasteiger partial charge in [0.05, 0.1) is 13.3 Å². The molecule has 0 aromatic carbocycles. The smallest absolute Gasteiger partial charge is 0.412 e. The lowest BCUT2D eigenvalue weighted by Gasteiger charge is -2.31. The molecule has 2 amide bonds. The standard InChI is InChI=1S/C12H19N5O4/c1-21-12(20)14-10-5-13-17(15-10)7-11(19)16-4-2-3-9(6-16)8-18/h5,9,18H,2-4,6-8H2,1H3,(H,14,15,20). The van der Waals surface area contributed by atoms with E-state index >= 15 is 0 Å². The quantitative estimate of drug-likeness (QED) is 0.788. The summed E-state index contributed by atoms with van der Waals surface area (Å²) in [5.74, 6) is 0.264. The summed E-state index contributed by atoms with van der Waals surface area (Å²) in [5.41, 5.74) is 0. The Morgan fingerprint density at radius 1 is 1.57 bits per heavy atom. The normalized spacial score (nSPS) is 18.4. The fourth-order valence-electron chi connectivity index (χ4n) is 2.25. The van der Waals surface area contributed by atoms with Crippen molar-refractivity contribution >= 4 is 17.8 Å². The number of aromatic nitrogens is 3. The van der Waals surface area contributed by atoms with Crippen molar-refractivity contribution in [2.45, 2.75) is 19.4 Å². The van der Waals surface area contributed by atoms with Gasteiger partial charge in [-0.2, -0.15) is 9.90 Å². The summed E-state index contributed by atoms with van der Waals surface area (Å²) in [6, 6.07) is 0. The zero-order valence-electron chi connectivity index (χ0n) is 11.9. The molecule has 1 aliphatic heterocycles. The van der Waals surface area contributed by atoms with E-state index in [9.17, 15) is 14.7 Å². The number of hydrogen-bond acceptors (Lipinski definition) is 6. The van der Waals surface area contributed by atoms with Crippen molar-refractivity contribution in [1.82, 2.24) is 19.9 Å². The maximum Gasteiger partial charge on any atom is 0.412 e. The highest BCUT2D eigenvalue weighted by Crippen LogP contribution is 2.16. The molecule has 116 valence electrons. The maximum absolute atomic E-state index is 12.1. The Hall–Kier alpha value is -2.16. The second kappa shape index (κ2) is 7.02. The van der Waals surface area contributed by atoms with E-state index in [2.05, 4.69) is 20.3 Å². The summed E-state index contributed by atoms with van der Waals surface area (Å²) < 4.78 is 4.44. The molecule has 0 aliphatic carbocycles. The van der Waals surface area contributed by atoms with Crippen LogP contribution >= 0.6 is 0 Å². The number of amides is 2. The molecule has 21 heavy (non-hydrogen) atoms. The summed E-state index contributed by atoms with van der Waals surface area (Å²) >= 11 is 0. The van der Waals surface area contributed by atoms with Gasteiger partial charge in [-0.05, 0) is 18.8 Å². The van der Waals surface area contributed by atoms with Crippen LogP contribution in [0.2, 0.25) is 0 Å². The van der Waals surface area contributed by atoms with Crippen molar-refractivity contribution in [3.05, 3.63) is 6.20 Å². The lowest BCUT2D eigenvalue weighted by molar-refractivity contribution is -0.134. The van der Waals surface area contributed by atoms with E-state index in [-0.39, 0.29) is 30.8 Å². The van der Waals surface area contributed by atoms with E-state index in [0.29, 0.717) is 13.1 Å². The van der Waals surface area contributed by atoms with E-state index in [4.69, 9.17) is 0 Å². The number of rotatable bonds is 4. The van der Waals surface area contributed by atoms with Gasteiger partial charge in [0.25, 0.3) is 0 Å². The third kappa shape index (κ3) is 4.15. The molecule has 1 aromatic rings. The molecule has 1 atom stereocenters. The van der Waals surface area contributed by atoms with Crippen LogP contribution in [0, 0.1) is 5.92 Å². The van der Waals surface area contributed by atoms with Crippen LogP contribution in [0.25, 0.3) is 0 Å². The molecule has 1 fully saturated rings. The number of carbonyl (C=O) groups excluding carboxylic acids is 2. The average Bonchev–Trinajstić information content (AvgIpc) is 2.94. The molecule has 2 rings (SSSR count). The van der Waals surface area contributed by atoms with Crippen LogP contribution in [-0.4, -0.2) is 63.8 Å². The molecule has 0 spiro atoms. The van der Waals surface area contributed by atoms with E-state index in [0.717, 1.165) is 12.8 Å². The molecular weight excluding hydrogens is 278 g/mol. The number of piperidine rings is 1. The number of methoxy groups -OCH3 is 1. The second-order valence-corrected chi connectivity index (χ2v) is 4.91. The van der Waals surface area contributed by atoms with Gasteiger partial charge in [-0.25, -0.2) is 4.79 Å². The molecule has 0 saturated carbocycles. The first kappa shape index (κ1) is 15.2. The number of aliphatic hydroxyl groups is 1. The first-order valence-corrected chi connectivity index (χ1v) is 6.76. The molecule has 1 unspecified atom stereocenters. The molecule has 0 bridgehead atoms. The van der Waals surface area contributed by atoms with Crippen LogP contribution in [0.4, 0.5) is 10.6 Å². The Morgan fingerprint density at radius 2 is 2.38 bits per heavy atom. The molecule has 1 aromatic heterocycles. The van der Waals surface area contributed by atoms with Crippen LogP contribution in [0.1, 0.15) is 12.8 Å². The van der Waals surface area contributed by atoms with Gasteiger partial charge in [0.1, 0.15) is 6.54 Å². The van der Waals surface area contributed by atoms with E-state index in [1.54, 1.807) is 4.90 Å². The van der Waals surface area contributed by atoms with Gasteiger partial charge in [0.15, 0.2) is 5.82 Å². The van der Waals surface area contributed by atoms with Gasteiger partial charge in [0.2, 0.25) is 5.91 Å². The fourth-order valence-corrected chi connectivity index (χ4v) is 2.25. The van der Waals surface area contributed by atoms with Crippen LogP contribution < -0.4 is 5.32 Å². The number of carbonyl (C=O) groups is 2. The highest BCUT2D eigenvalue weighted by Gasteiger charge is 2.23. The minimum Gasteiger partial charge on any atom is -0.453 e. The van der Waals surface area contributed by atoms with Gasteiger partial charge in [0, 0.05) is 19.7 Å². The third-order valence-electron chi connectivity index (χ3n) is 3.36. The zero-order chi connectivity index (χ0) is 15.2.